The van der Waals surface area contributed by atoms with Crippen molar-refractivity contribution in [3.63, 3.8) is 0 Å². The molecule has 0 heterocycles. The first kappa shape index (κ1) is 15.5. The van der Waals surface area contributed by atoms with Crippen LogP contribution in [-0.4, -0.2) is 9.85 Å². The van der Waals surface area contributed by atoms with Crippen LogP contribution in [0.25, 0.3) is 0 Å². The summed E-state index contributed by atoms with van der Waals surface area (Å²) in [6, 6.07) is 10.5. The van der Waals surface area contributed by atoms with Gasteiger partial charge in [-0.25, -0.2) is 0 Å². The van der Waals surface area contributed by atoms with Gasteiger partial charge in [0, 0.05) is 36.3 Å². The molecular weight excluding hydrogens is 288 g/mol. The Morgan fingerprint density at radius 3 is 1.18 bits per heavy atom. The van der Waals surface area contributed by atoms with Crippen molar-refractivity contribution >= 4 is 11.4 Å². The van der Waals surface area contributed by atoms with Gasteiger partial charge in [-0.15, -0.1) is 0 Å². The molecule has 22 heavy (non-hydrogen) atoms. The lowest BCUT2D eigenvalue weighted by molar-refractivity contribution is -0.385. The summed E-state index contributed by atoms with van der Waals surface area (Å²) in [5, 5.41) is 21.2. The van der Waals surface area contributed by atoms with Gasteiger partial charge in [-0.2, -0.15) is 0 Å². The lowest BCUT2D eigenvalue weighted by Gasteiger charge is -2.20. The minimum absolute atomic E-state index is 0.0279. The van der Waals surface area contributed by atoms with E-state index < -0.39 is 21.9 Å². The molecule has 0 aliphatic carbocycles. The van der Waals surface area contributed by atoms with Crippen LogP contribution < -0.4 is 11.5 Å². The lowest BCUT2D eigenvalue weighted by Crippen LogP contribution is -2.26. The van der Waals surface area contributed by atoms with E-state index in [9.17, 15) is 20.2 Å². The highest BCUT2D eigenvalue weighted by atomic mass is 16.6. The normalized spacial score (nSPS) is 13.4. The van der Waals surface area contributed by atoms with Gasteiger partial charge in [-0.05, 0) is 11.1 Å². The smallest absolute Gasteiger partial charge is 0.269 e. The van der Waals surface area contributed by atoms with Gasteiger partial charge in [0.25, 0.3) is 11.4 Å². The highest BCUT2D eigenvalue weighted by Gasteiger charge is 2.19. The topological polar surface area (TPSA) is 138 Å². The molecule has 0 aromatic heterocycles. The highest BCUT2D eigenvalue weighted by Crippen LogP contribution is 2.27. The summed E-state index contributed by atoms with van der Waals surface area (Å²) < 4.78 is 0. The minimum Gasteiger partial charge on any atom is -0.322 e. The summed E-state index contributed by atoms with van der Waals surface area (Å²) in [6.07, 6.45) is 0. The zero-order valence-electron chi connectivity index (χ0n) is 11.5. The molecule has 8 heteroatoms. The van der Waals surface area contributed by atoms with E-state index in [2.05, 4.69) is 0 Å². The van der Waals surface area contributed by atoms with Gasteiger partial charge in [0.2, 0.25) is 0 Å². The molecule has 2 atom stereocenters. The third-order valence-corrected chi connectivity index (χ3v) is 3.36. The number of non-ortho nitro benzene ring substituents is 2. The number of nitro groups is 2. The van der Waals surface area contributed by atoms with Gasteiger partial charge in [-0.1, -0.05) is 24.3 Å². The molecule has 0 saturated heterocycles. The van der Waals surface area contributed by atoms with E-state index in [1.165, 1.54) is 24.3 Å². The van der Waals surface area contributed by atoms with Crippen LogP contribution in [0, 0.1) is 20.2 Å². The fraction of sp³-hybridized carbons (Fsp3) is 0.143. The quantitative estimate of drug-likeness (QED) is 0.641. The van der Waals surface area contributed by atoms with Crippen molar-refractivity contribution in [3.05, 3.63) is 79.9 Å². The van der Waals surface area contributed by atoms with Gasteiger partial charge < -0.3 is 11.5 Å². The van der Waals surface area contributed by atoms with Crippen molar-refractivity contribution in [2.45, 2.75) is 12.1 Å². The average Bonchev–Trinajstić information content (AvgIpc) is 2.53. The molecule has 2 aromatic carbocycles. The Labute approximate surface area is 125 Å². The zero-order valence-corrected chi connectivity index (χ0v) is 11.5. The first-order valence-corrected chi connectivity index (χ1v) is 6.40. The third kappa shape index (κ3) is 3.25. The van der Waals surface area contributed by atoms with E-state index >= 15 is 0 Å². The fourth-order valence-corrected chi connectivity index (χ4v) is 2.05. The van der Waals surface area contributed by atoms with E-state index in [4.69, 9.17) is 11.5 Å². The van der Waals surface area contributed by atoms with E-state index in [1.54, 1.807) is 24.3 Å². The fourth-order valence-electron chi connectivity index (χ4n) is 2.05. The van der Waals surface area contributed by atoms with Crippen LogP contribution >= 0.6 is 0 Å². The number of nitrogens with zero attached hydrogens (tertiary/aromatic N) is 2. The maximum atomic E-state index is 10.6. The van der Waals surface area contributed by atoms with Crippen molar-refractivity contribution in [1.29, 1.82) is 0 Å². The SMILES string of the molecule is N[C@H](c1ccc([N+](=O)[O-])cc1)[C@@H](N)c1ccc([N+](=O)[O-])cc1. The van der Waals surface area contributed by atoms with Gasteiger partial charge in [0.05, 0.1) is 9.85 Å². The summed E-state index contributed by atoms with van der Waals surface area (Å²) in [7, 11) is 0. The summed E-state index contributed by atoms with van der Waals surface area (Å²) >= 11 is 0. The molecule has 0 spiro atoms. The van der Waals surface area contributed by atoms with Crippen LogP contribution in [-0.2, 0) is 0 Å². The molecule has 4 N–H and O–H groups in total. The summed E-state index contributed by atoms with van der Waals surface area (Å²) in [4.78, 5) is 20.2. The Morgan fingerprint density at radius 1 is 0.682 bits per heavy atom. The summed E-state index contributed by atoms with van der Waals surface area (Å²) in [5.74, 6) is 0. The number of nitro benzene ring substituents is 2. The Hall–Kier alpha value is -2.84. The van der Waals surface area contributed by atoms with Crippen molar-refractivity contribution in [2.24, 2.45) is 11.5 Å². The average molecular weight is 302 g/mol. The Morgan fingerprint density at radius 2 is 0.955 bits per heavy atom. The van der Waals surface area contributed by atoms with E-state index in [-0.39, 0.29) is 11.4 Å². The van der Waals surface area contributed by atoms with Gasteiger partial charge >= 0.3 is 0 Å². The summed E-state index contributed by atoms with van der Waals surface area (Å²) in [6.45, 7) is 0. The molecule has 0 saturated carbocycles. The van der Waals surface area contributed by atoms with Crippen molar-refractivity contribution in [2.75, 3.05) is 0 Å². The number of nitrogens with two attached hydrogens (primary N) is 2. The Kier molecular flexibility index (Phi) is 4.44. The number of hydrogen-bond donors (Lipinski definition) is 2. The van der Waals surface area contributed by atoms with Crippen LogP contribution in [0.1, 0.15) is 23.2 Å². The number of rotatable bonds is 5. The second-order valence-corrected chi connectivity index (χ2v) is 4.75. The van der Waals surface area contributed by atoms with E-state index in [0.29, 0.717) is 11.1 Å². The molecule has 0 unspecified atom stereocenters. The molecule has 2 aromatic rings. The molecule has 2 rings (SSSR count). The predicted octanol–water partition coefficient (Wildman–Crippen LogP) is 2.20. The van der Waals surface area contributed by atoms with Crippen LogP contribution in [0.2, 0.25) is 0 Å². The van der Waals surface area contributed by atoms with Gasteiger partial charge in [0.15, 0.2) is 0 Å². The molecule has 0 bridgehead atoms. The minimum atomic E-state index is -0.581. The first-order valence-electron chi connectivity index (χ1n) is 6.40. The van der Waals surface area contributed by atoms with Crippen molar-refractivity contribution in [3.8, 4) is 0 Å². The lowest BCUT2D eigenvalue weighted by atomic mass is 9.94. The molecule has 0 fully saturated rings. The van der Waals surface area contributed by atoms with Crippen molar-refractivity contribution in [1.82, 2.24) is 0 Å². The molecular formula is C14H14N4O4. The Balaban J connectivity index is 2.18. The maximum Gasteiger partial charge on any atom is 0.269 e. The van der Waals surface area contributed by atoms with Crippen LogP contribution in [0.4, 0.5) is 11.4 Å². The van der Waals surface area contributed by atoms with Gasteiger partial charge in [0.1, 0.15) is 0 Å². The molecule has 0 radical (unpaired) electrons. The van der Waals surface area contributed by atoms with Crippen LogP contribution in [0.15, 0.2) is 48.5 Å². The Bertz CT molecular complexity index is 623. The standard InChI is InChI=1S/C14H14N4O4/c15-13(9-1-5-11(6-2-9)17(19)20)14(16)10-3-7-12(8-4-10)18(21)22/h1-8,13-14H,15-16H2/t13-,14+. The first-order chi connectivity index (χ1) is 10.4. The second-order valence-electron chi connectivity index (χ2n) is 4.75. The molecule has 0 aliphatic heterocycles. The predicted molar refractivity (Wildman–Crippen MR) is 80.0 cm³/mol. The third-order valence-electron chi connectivity index (χ3n) is 3.36. The zero-order chi connectivity index (χ0) is 16.3. The molecule has 114 valence electrons. The van der Waals surface area contributed by atoms with E-state index in [0.717, 1.165) is 0 Å². The molecule has 8 nitrogen and oxygen atoms in total. The maximum absolute atomic E-state index is 10.6. The number of hydrogen-bond acceptors (Lipinski definition) is 6. The van der Waals surface area contributed by atoms with Gasteiger partial charge in [-0.3, -0.25) is 20.2 Å². The number of benzene rings is 2. The highest BCUT2D eigenvalue weighted by molar-refractivity contribution is 5.38. The van der Waals surface area contributed by atoms with Crippen molar-refractivity contribution < 1.29 is 9.85 Å². The van der Waals surface area contributed by atoms with Crippen LogP contribution in [0.5, 0.6) is 0 Å². The summed E-state index contributed by atoms with van der Waals surface area (Å²) in [5.41, 5.74) is 13.4. The van der Waals surface area contributed by atoms with E-state index in [1.807, 2.05) is 0 Å². The van der Waals surface area contributed by atoms with Crippen LogP contribution in [0.3, 0.4) is 0 Å². The molecule has 0 aliphatic rings. The largest absolute Gasteiger partial charge is 0.322 e. The second kappa shape index (κ2) is 6.29. The molecule has 0 amide bonds. The monoisotopic (exact) mass is 302 g/mol.